The molecule has 0 amide bonds. The molecule has 0 unspecified atom stereocenters. The van der Waals surface area contributed by atoms with Gasteiger partial charge in [0, 0.05) is 6.54 Å². The Hall–Kier alpha value is -1.17. The number of rotatable bonds is 5. The van der Waals surface area contributed by atoms with Gasteiger partial charge in [-0.3, -0.25) is 0 Å². The molecule has 0 aliphatic heterocycles. The molecule has 6 heteroatoms. The van der Waals surface area contributed by atoms with Crippen LogP contribution >= 0.6 is 0 Å². The molecule has 0 N–H and O–H groups in total. The summed E-state index contributed by atoms with van der Waals surface area (Å²) in [7, 11) is 3.67. The molecule has 16 heavy (non-hydrogen) atoms. The molecule has 0 bridgehead atoms. The maximum absolute atomic E-state index is 12.6. The predicted octanol–water partition coefficient (Wildman–Crippen LogP) is 1.68. The quantitative estimate of drug-likeness (QED) is 0.716. The highest BCUT2D eigenvalue weighted by atomic mass is 19.4. The molecule has 0 radical (unpaired) electrons. The van der Waals surface area contributed by atoms with E-state index in [1.165, 1.54) is 18.2 Å². The third-order valence-electron chi connectivity index (χ3n) is 2.07. The molecule has 90 valence electrons. The van der Waals surface area contributed by atoms with Crippen molar-refractivity contribution in [3.63, 3.8) is 0 Å². The largest absolute Gasteiger partial charge is 0.513 e. The fourth-order valence-corrected chi connectivity index (χ4v) is 1.22. The van der Waals surface area contributed by atoms with Gasteiger partial charge in [-0.15, -0.1) is 0 Å². The van der Waals surface area contributed by atoms with Gasteiger partial charge >= 0.3 is 6.98 Å². The third-order valence-corrected chi connectivity index (χ3v) is 2.07. The first kappa shape index (κ1) is 12.9. The van der Waals surface area contributed by atoms with E-state index in [0.29, 0.717) is 6.54 Å². The van der Waals surface area contributed by atoms with E-state index >= 15 is 0 Å². The predicted molar refractivity (Wildman–Crippen MR) is 59.2 cm³/mol. The van der Waals surface area contributed by atoms with E-state index in [2.05, 4.69) is 0 Å². The van der Waals surface area contributed by atoms with Crippen LogP contribution in [0.25, 0.3) is 0 Å². The van der Waals surface area contributed by atoms with Crippen LogP contribution in [0.1, 0.15) is 0 Å². The number of hydrogen-bond acceptors (Lipinski definition) is 2. The van der Waals surface area contributed by atoms with Crippen LogP contribution in [-0.4, -0.2) is 39.1 Å². The fraction of sp³-hybridized carbons (Fsp3) is 0.400. The van der Waals surface area contributed by atoms with Crippen LogP contribution in [0.15, 0.2) is 24.3 Å². The van der Waals surface area contributed by atoms with Crippen molar-refractivity contribution in [2.45, 2.75) is 0 Å². The second kappa shape index (κ2) is 5.25. The smallest absolute Gasteiger partial charge is 0.495 e. The second-order valence-corrected chi connectivity index (χ2v) is 3.76. The highest BCUT2D eigenvalue weighted by molar-refractivity contribution is 6.74. The van der Waals surface area contributed by atoms with E-state index in [9.17, 15) is 12.9 Å². The molecule has 0 spiro atoms. The highest BCUT2D eigenvalue weighted by Crippen LogP contribution is 2.17. The summed E-state index contributed by atoms with van der Waals surface area (Å²) in [5.41, 5.74) is -0.666. The summed E-state index contributed by atoms with van der Waals surface area (Å²) in [4.78, 5) is 1.85. The maximum atomic E-state index is 12.6. The summed E-state index contributed by atoms with van der Waals surface area (Å²) in [6.07, 6.45) is 0. The van der Waals surface area contributed by atoms with Gasteiger partial charge in [0.1, 0.15) is 6.61 Å². The standard InChI is InChI=1S/C10H14BF3NO/c1-15(2)7-8-16-10-6-4-3-5-9(10)11(12,13)14/h3-6H,7-8H2,1-2H3/q-1. The Morgan fingerprint density at radius 2 is 1.81 bits per heavy atom. The number of nitrogens with zero attached hydrogens (tertiary/aromatic N) is 1. The first-order chi connectivity index (χ1) is 7.41. The van der Waals surface area contributed by atoms with E-state index in [-0.39, 0.29) is 12.4 Å². The average Bonchev–Trinajstić information content (AvgIpc) is 2.16. The Labute approximate surface area is 93.1 Å². The average molecular weight is 232 g/mol. The Morgan fingerprint density at radius 1 is 1.19 bits per heavy atom. The van der Waals surface area contributed by atoms with Crippen molar-refractivity contribution in [3.8, 4) is 5.75 Å². The van der Waals surface area contributed by atoms with Gasteiger partial charge in [0.2, 0.25) is 0 Å². The molecule has 0 aliphatic rings. The van der Waals surface area contributed by atoms with Gasteiger partial charge in [-0.25, -0.2) is 0 Å². The number of ether oxygens (including phenoxy) is 1. The molecule has 0 fully saturated rings. The van der Waals surface area contributed by atoms with Crippen molar-refractivity contribution in [3.05, 3.63) is 24.3 Å². The fourth-order valence-electron chi connectivity index (χ4n) is 1.22. The lowest BCUT2D eigenvalue weighted by atomic mass is 9.79. The van der Waals surface area contributed by atoms with Crippen LogP contribution in [0, 0.1) is 0 Å². The van der Waals surface area contributed by atoms with Crippen LogP contribution in [0.4, 0.5) is 12.9 Å². The Kier molecular flexibility index (Phi) is 4.23. The molecule has 2 nitrogen and oxygen atoms in total. The van der Waals surface area contributed by atoms with Gasteiger partial charge in [-0.2, -0.15) is 0 Å². The zero-order valence-electron chi connectivity index (χ0n) is 9.29. The molecular formula is C10H14BF3NO-. The zero-order valence-corrected chi connectivity index (χ0v) is 9.29. The number of likely N-dealkylation sites (N-methyl/N-ethyl adjacent to an activating group) is 1. The van der Waals surface area contributed by atoms with Gasteiger partial charge in [-0.1, -0.05) is 23.7 Å². The SMILES string of the molecule is CN(C)CCOc1ccccc1[B-](F)(F)F. The maximum Gasteiger partial charge on any atom is 0.513 e. The van der Waals surface area contributed by atoms with E-state index in [4.69, 9.17) is 4.74 Å². The minimum atomic E-state index is -5.01. The van der Waals surface area contributed by atoms with Crippen molar-refractivity contribution in [1.82, 2.24) is 4.90 Å². The molecule has 0 saturated carbocycles. The lowest BCUT2D eigenvalue weighted by Crippen LogP contribution is -2.35. The van der Waals surface area contributed by atoms with Gasteiger partial charge in [-0.05, 0) is 20.2 Å². The van der Waals surface area contributed by atoms with E-state index in [0.717, 1.165) is 6.07 Å². The topological polar surface area (TPSA) is 12.5 Å². The molecular weight excluding hydrogens is 218 g/mol. The van der Waals surface area contributed by atoms with Gasteiger partial charge in [0.15, 0.2) is 0 Å². The summed E-state index contributed by atoms with van der Waals surface area (Å²) < 4.78 is 42.9. The van der Waals surface area contributed by atoms with Crippen LogP contribution < -0.4 is 10.2 Å². The summed E-state index contributed by atoms with van der Waals surface area (Å²) >= 11 is 0. The minimum Gasteiger partial charge on any atom is -0.495 e. The first-order valence-corrected chi connectivity index (χ1v) is 4.97. The molecule has 1 aromatic carbocycles. The van der Waals surface area contributed by atoms with Crippen molar-refractivity contribution in [2.24, 2.45) is 0 Å². The van der Waals surface area contributed by atoms with Gasteiger partial charge in [0.25, 0.3) is 0 Å². The summed E-state index contributed by atoms with van der Waals surface area (Å²) in [6.45, 7) is -4.18. The third kappa shape index (κ3) is 3.77. The van der Waals surface area contributed by atoms with Crippen LogP contribution in [0.2, 0.25) is 0 Å². The lowest BCUT2D eigenvalue weighted by Gasteiger charge is -2.20. The molecule has 1 aromatic rings. The molecule has 0 aliphatic carbocycles. The Balaban J connectivity index is 2.72. The molecule has 0 saturated heterocycles. The normalized spacial score (nSPS) is 11.9. The van der Waals surface area contributed by atoms with Crippen molar-refractivity contribution in [1.29, 1.82) is 0 Å². The Bertz CT molecular complexity index is 341. The van der Waals surface area contributed by atoms with Crippen molar-refractivity contribution in [2.75, 3.05) is 27.2 Å². The number of benzene rings is 1. The van der Waals surface area contributed by atoms with Gasteiger partial charge in [0.05, 0.1) is 5.75 Å². The van der Waals surface area contributed by atoms with E-state index in [1.54, 1.807) is 0 Å². The van der Waals surface area contributed by atoms with Gasteiger partial charge < -0.3 is 22.6 Å². The molecule has 1 rings (SSSR count). The minimum absolute atomic E-state index is 0.0862. The zero-order chi connectivity index (χ0) is 12.2. The molecule has 0 heterocycles. The van der Waals surface area contributed by atoms with Crippen LogP contribution in [0.5, 0.6) is 5.75 Å². The number of hydrogen-bond donors (Lipinski definition) is 0. The van der Waals surface area contributed by atoms with Crippen LogP contribution in [-0.2, 0) is 0 Å². The molecule has 0 atom stereocenters. The first-order valence-electron chi connectivity index (χ1n) is 4.97. The highest BCUT2D eigenvalue weighted by Gasteiger charge is 2.28. The monoisotopic (exact) mass is 232 g/mol. The molecule has 0 aromatic heterocycles. The van der Waals surface area contributed by atoms with E-state index in [1.807, 2.05) is 19.0 Å². The lowest BCUT2D eigenvalue weighted by molar-refractivity contribution is 0.262. The number of para-hydroxylation sites is 1. The summed E-state index contributed by atoms with van der Waals surface area (Å²) in [6, 6.07) is 5.30. The summed E-state index contributed by atoms with van der Waals surface area (Å²) in [5, 5.41) is 0. The van der Waals surface area contributed by atoms with Crippen molar-refractivity contribution < 1.29 is 17.7 Å². The Morgan fingerprint density at radius 3 is 2.38 bits per heavy atom. The second-order valence-electron chi connectivity index (χ2n) is 3.76. The van der Waals surface area contributed by atoms with Crippen molar-refractivity contribution >= 4 is 12.4 Å². The number of halogens is 3. The van der Waals surface area contributed by atoms with E-state index < -0.39 is 12.4 Å². The van der Waals surface area contributed by atoms with Crippen LogP contribution in [0.3, 0.4) is 0 Å². The summed E-state index contributed by atoms with van der Waals surface area (Å²) in [5.74, 6) is -0.0862.